The van der Waals surface area contributed by atoms with Gasteiger partial charge in [-0.2, -0.15) is 0 Å². The van der Waals surface area contributed by atoms with Crippen LogP contribution in [0.15, 0.2) is 60.8 Å². The third-order valence-electron chi connectivity index (χ3n) is 4.87. The van der Waals surface area contributed by atoms with Crippen molar-refractivity contribution >= 4 is 23.2 Å². The fourth-order valence-electron chi connectivity index (χ4n) is 3.38. The van der Waals surface area contributed by atoms with Gasteiger partial charge < -0.3 is 4.57 Å². The molecule has 156 valence electrons. The molecule has 31 heavy (non-hydrogen) atoms. The molecule has 2 N–H and O–H groups in total. The Morgan fingerprint density at radius 1 is 0.935 bits per heavy atom. The van der Waals surface area contributed by atoms with E-state index >= 15 is 0 Å². The molecule has 0 atom stereocenters. The third-order valence-corrected chi connectivity index (χ3v) is 6.07. The van der Waals surface area contributed by atoms with Crippen LogP contribution >= 0.6 is 11.3 Å². The molecule has 0 saturated carbocycles. The Kier molecular flexibility index (Phi) is 5.64. The topological polar surface area (TPSA) is 88.9 Å². The number of nitrogens with zero attached hydrogens (tertiary/aromatic N) is 3. The molecule has 7 nitrogen and oxygen atoms in total. The average molecular weight is 432 g/mol. The van der Waals surface area contributed by atoms with E-state index in [0.29, 0.717) is 16.1 Å². The maximum absolute atomic E-state index is 12.7. The van der Waals surface area contributed by atoms with Crippen LogP contribution in [0.25, 0.3) is 16.4 Å². The van der Waals surface area contributed by atoms with Crippen LogP contribution in [0, 0.1) is 20.8 Å². The summed E-state index contributed by atoms with van der Waals surface area (Å²) >= 11 is 1.29. The van der Waals surface area contributed by atoms with Gasteiger partial charge in [-0.1, -0.05) is 36.4 Å². The molecule has 0 aliphatic carbocycles. The predicted octanol–water partition coefficient (Wildman–Crippen LogP) is 4.00. The summed E-state index contributed by atoms with van der Waals surface area (Å²) in [5.41, 5.74) is 8.66. The first-order chi connectivity index (χ1) is 15.0. The Bertz CT molecular complexity index is 1250. The lowest BCUT2D eigenvalue weighted by atomic mass is 10.2. The van der Waals surface area contributed by atoms with Gasteiger partial charge in [-0.05, 0) is 39.0 Å². The minimum absolute atomic E-state index is 0.394. The van der Waals surface area contributed by atoms with E-state index in [4.69, 9.17) is 0 Å². The van der Waals surface area contributed by atoms with Crippen LogP contribution in [-0.4, -0.2) is 26.3 Å². The minimum atomic E-state index is -0.399. The summed E-state index contributed by atoms with van der Waals surface area (Å²) in [5, 5.41) is 0.758. The Hall–Kier alpha value is -3.78. The first kappa shape index (κ1) is 20.5. The highest BCUT2D eigenvalue weighted by atomic mass is 32.1. The van der Waals surface area contributed by atoms with Crippen LogP contribution in [0.3, 0.4) is 0 Å². The number of carbonyl (C=O) groups excluding carboxylic acids is 2. The number of rotatable bonds is 4. The lowest BCUT2D eigenvalue weighted by Gasteiger charge is -2.09. The molecular weight excluding hydrogens is 410 g/mol. The van der Waals surface area contributed by atoms with Gasteiger partial charge in [-0.25, -0.2) is 9.97 Å². The van der Waals surface area contributed by atoms with Crippen LogP contribution in [-0.2, 0) is 0 Å². The molecule has 0 spiro atoms. The molecule has 0 fully saturated rings. The van der Waals surface area contributed by atoms with Gasteiger partial charge in [-0.3, -0.25) is 20.4 Å². The molecule has 2 amide bonds. The Balaban J connectivity index is 1.49. The first-order valence-electron chi connectivity index (χ1n) is 9.69. The van der Waals surface area contributed by atoms with Crippen molar-refractivity contribution in [1.29, 1.82) is 0 Å². The van der Waals surface area contributed by atoms with Crippen LogP contribution in [0.5, 0.6) is 0 Å². The van der Waals surface area contributed by atoms with Crippen LogP contribution in [0.2, 0.25) is 0 Å². The van der Waals surface area contributed by atoms with E-state index in [-0.39, 0.29) is 0 Å². The van der Waals surface area contributed by atoms with Crippen molar-refractivity contribution in [3.63, 3.8) is 0 Å². The quantitative estimate of drug-likeness (QED) is 0.478. The standard InChI is InChI=1S/C23H21N5O2S/c1-14-13-18(16(3)28(14)19-11-7-8-12-24-19)21(29)26-27-22(30)20-15(2)25-23(31-20)17-9-5-4-6-10-17/h4-13H,1-3H3,(H,26,29)(H,27,30). The number of nitrogens with one attached hydrogen (secondary N) is 2. The molecule has 0 aliphatic heterocycles. The molecule has 0 saturated heterocycles. The molecule has 4 aromatic rings. The fraction of sp³-hybridized carbons (Fsp3) is 0.130. The second kappa shape index (κ2) is 8.53. The lowest BCUT2D eigenvalue weighted by molar-refractivity contribution is 0.0848. The lowest BCUT2D eigenvalue weighted by Crippen LogP contribution is -2.41. The van der Waals surface area contributed by atoms with E-state index in [2.05, 4.69) is 20.8 Å². The number of hydrogen-bond acceptors (Lipinski definition) is 5. The largest absolute Gasteiger partial charge is 0.302 e. The summed E-state index contributed by atoms with van der Waals surface area (Å²) in [6.07, 6.45) is 1.70. The molecular formula is C23H21N5O2S. The van der Waals surface area contributed by atoms with Gasteiger partial charge in [0.1, 0.15) is 15.7 Å². The number of hydrazine groups is 1. The van der Waals surface area contributed by atoms with Gasteiger partial charge in [-0.15, -0.1) is 11.3 Å². The van der Waals surface area contributed by atoms with Crippen LogP contribution < -0.4 is 10.9 Å². The number of thiazole rings is 1. The van der Waals surface area contributed by atoms with Crippen molar-refractivity contribution in [2.45, 2.75) is 20.8 Å². The van der Waals surface area contributed by atoms with E-state index in [1.165, 1.54) is 11.3 Å². The van der Waals surface area contributed by atoms with E-state index in [1.54, 1.807) is 19.2 Å². The summed E-state index contributed by atoms with van der Waals surface area (Å²) < 4.78 is 1.90. The van der Waals surface area contributed by atoms with Crippen molar-refractivity contribution in [3.05, 3.63) is 88.3 Å². The second-order valence-electron chi connectivity index (χ2n) is 7.02. The van der Waals surface area contributed by atoms with Gasteiger partial charge in [0.2, 0.25) is 0 Å². The first-order valence-corrected chi connectivity index (χ1v) is 10.5. The molecule has 3 heterocycles. The van der Waals surface area contributed by atoms with Crippen molar-refractivity contribution in [2.75, 3.05) is 0 Å². The third kappa shape index (κ3) is 4.10. The van der Waals surface area contributed by atoms with Crippen molar-refractivity contribution in [2.24, 2.45) is 0 Å². The highest BCUT2D eigenvalue weighted by Gasteiger charge is 2.20. The number of benzene rings is 1. The zero-order valence-electron chi connectivity index (χ0n) is 17.3. The van der Waals surface area contributed by atoms with Gasteiger partial charge >= 0.3 is 0 Å². The minimum Gasteiger partial charge on any atom is -0.302 e. The molecule has 0 unspecified atom stereocenters. The molecule has 0 radical (unpaired) electrons. The summed E-state index contributed by atoms with van der Waals surface area (Å²) in [6, 6.07) is 17.0. The normalized spacial score (nSPS) is 10.7. The average Bonchev–Trinajstić information content (AvgIpc) is 3.32. The van der Waals surface area contributed by atoms with E-state index in [9.17, 15) is 9.59 Å². The van der Waals surface area contributed by atoms with Gasteiger partial charge in [0.15, 0.2) is 0 Å². The van der Waals surface area contributed by atoms with E-state index in [0.717, 1.165) is 27.8 Å². The monoisotopic (exact) mass is 431 g/mol. The van der Waals surface area contributed by atoms with Gasteiger partial charge in [0.05, 0.1) is 11.3 Å². The fourth-order valence-corrected chi connectivity index (χ4v) is 4.35. The number of aromatic nitrogens is 3. The number of carbonyl (C=O) groups is 2. The molecule has 0 bridgehead atoms. The van der Waals surface area contributed by atoms with Gasteiger partial charge in [0.25, 0.3) is 11.8 Å². The predicted molar refractivity (Wildman–Crippen MR) is 120 cm³/mol. The highest BCUT2D eigenvalue weighted by Crippen LogP contribution is 2.27. The number of aryl methyl sites for hydroxylation is 2. The molecule has 1 aromatic carbocycles. The molecule has 4 rings (SSSR count). The van der Waals surface area contributed by atoms with E-state index in [1.807, 2.05) is 66.9 Å². The summed E-state index contributed by atoms with van der Waals surface area (Å²) in [6.45, 7) is 5.53. The Morgan fingerprint density at radius 3 is 2.35 bits per heavy atom. The second-order valence-corrected chi connectivity index (χ2v) is 8.02. The van der Waals surface area contributed by atoms with E-state index < -0.39 is 11.8 Å². The van der Waals surface area contributed by atoms with Crippen LogP contribution in [0.4, 0.5) is 0 Å². The maximum atomic E-state index is 12.7. The number of pyridine rings is 1. The Labute approximate surface area is 183 Å². The highest BCUT2D eigenvalue weighted by molar-refractivity contribution is 7.17. The maximum Gasteiger partial charge on any atom is 0.281 e. The summed E-state index contributed by atoms with van der Waals surface area (Å²) in [4.78, 5) is 34.7. The zero-order valence-corrected chi connectivity index (χ0v) is 18.2. The molecule has 3 aromatic heterocycles. The molecule has 0 aliphatic rings. The SMILES string of the molecule is Cc1nc(-c2ccccc2)sc1C(=O)NNC(=O)c1cc(C)n(-c2ccccn2)c1C. The number of hydrogen-bond donors (Lipinski definition) is 2. The zero-order chi connectivity index (χ0) is 22.0. The Morgan fingerprint density at radius 2 is 1.65 bits per heavy atom. The van der Waals surface area contributed by atoms with Crippen molar-refractivity contribution in [1.82, 2.24) is 25.4 Å². The summed E-state index contributed by atoms with van der Waals surface area (Å²) in [5.74, 6) is -0.0625. The van der Waals surface area contributed by atoms with Gasteiger partial charge in [0, 0.05) is 23.1 Å². The smallest absolute Gasteiger partial charge is 0.281 e. The summed E-state index contributed by atoms with van der Waals surface area (Å²) in [7, 11) is 0. The van der Waals surface area contributed by atoms with Crippen LogP contribution in [0.1, 0.15) is 37.1 Å². The molecule has 8 heteroatoms. The van der Waals surface area contributed by atoms with Crippen molar-refractivity contribution < 1.29 is 9.59 Å². The number of amides is 2. The van der Waals surface area contributed by atoms with Crippen molar-refractivity contribution in [3.8, 4) is 16.4 Å².